The number of hydrogen-bond donors (Lipinski definition) is 2. The molecule has 5 nitrogen and oxygen atoms in total. The van der Waals surface area contributed by atoms with E-state index in [-0.39, 0.29) is 5.91 Å². The molecule has 0 saturated carbocycles. The fraction of sp³-hybridized carbons (Fsp3) is 0.250. The van der Waals surface area contributed by atoms with Gasteiger partial charge in [-0.2, -0.15) is 0 Å². The molecule has 0 aliphatic carbocycles. The van der Waals surface area contributed by atoms with Crippen molar-refractivity contribution >= 4 is 17.3 Å². The Morgan fingerprint density at radius 1 is 1.29 bits per heavy atom. The van der Waals surface area contributed by atoms with Gasteiger partial charge in [0.2, 0.25) is 0 Å². The number of rotatable bonds is 5. The molecule has 5 heteroatoms. The van der Waals surface area contributed by atoms with Crippen molar-refractivity contribution in [3.8, 4) is 0 Å². The van der Waals surface area contributed by atoms with Gasteiger partial charge in [-0.15, -0.1) is 0 Å². The highest BCUT2D eigenvalue weighted by atomic mass is 16.1. The molecule has 1 amide bonds. The van der Waals surface area contributed by atoms with Crippen LogP contribution in [0.4, 0.5) is 11.4 Å². The maximum Gasteiger partial charge on any atom is 0.251 e. The number of nitrogens with one attached hydrogen (secondary N) is 1. The van der Waals surface area contributed by atoms with Crippen LogP contribution in [0, 0.1) is 0 Å². The number of carbonyl (C=O) groups excluding carboxylic acids is 1. The molecule has 0 saturated heterocycles. The van der Waals surface area contributed by atoms with Crippen LogP contribution in [0.25, 0.3) is 0 Å². The van der Waals surface area contributed by atoms with Crippen LogP contribution in [0.1, 0.15) is 22.8 Å². The van der Waals surface area contributed by atoms with Gasteiger partial charge >= 0.3 is 0 Å². The molecule has 0 atom stereocenters. The Balaban J connectivity index is 2.31. The van der Waals surface area contributed by atoms with Gasteiger partial charge in [-0.05, 0) is 42.8 Å². The van der Waals surface area contributed by atoms with Gasteiger partial charge in [-0.3, -0.25) is 9.78 Å². The van der Waals surface area contributed by atoms with E-state index in [0.717, 1.165) is 24.3 Å². The standard InChI is InChI=1S/C16H20N4O/c1-3-20(11-12-6-8-19-9-7-12)15-10-13(16(21)18-2)4-5-14(15)17/h4-10H,3,11,17H2,1-2H3,(H,18,21). The van der Waals surface area contributed by atoms with E-state index in [0.29, 0.717) is 11.3 Å². The number of pyridine rings is 1. The van der Waals surface area contributed by atoms with Crippen molar-refractivity contribution in [3.05, 3.63) is 53.9 Å². The SMILES string of the molecule is CCN(Cc1ccncc1)c1cc(C(=O)NC)ccc1N. The minimum atomic E-state index is -0.115. The number of benzene rings is 1. The highest BCUT2D eigenvalue weighted by molar-refractivity contribution is 5.96. The summed E-state index contributed by atoms with van der Waals surface area (Å²) in [4.78, 5) is 17.9. The predicted molar refractivity (Wildman–Crippen MR) is 85.2 cm³/mol. The van der Waals surface area contributed by atoms with Crippen LogP contribution in [-0.4, -0.2) is 24.5 Å². The van der Waals surface area contributed by atoms with Crippen molar-refractivity contribution in [3.63, 3.8) is 0 Å². The van der Waals surface area contributed by atoms with E-state index in [4.69, 9.17) is 5.73 Å². The summed E-state index contributed by atoms with van der Waals surface area (Å²) in [7, 11) is 1.62. The van der Waals surface area contributed by atoms with Crippen LogP contribution >= 0.6 is 0 Å². The van der Waals surface area contributed by atoms with Gasteiger partial charge in [0.1, 0.15) is 0 Å². The van der Waals surface area contributed by atoms with Gasteiger partial charge in [-0.1, -0.05) is 0 Å². The summed E-state index contributed by atoms with van der Waals surface area (Å²) in [5.41, 5.74) is 9.37. The van der Waals surface area contributed by atoms with E-state index >= 15 is 0 Å². The third kappa shape index (κ3) is 3.51. The van der Waals surface area contributed by atoms with Gasteiger partial charge in [0, 0.05) is 38.1 Å². The molecule has 1 heterocycles. The first-order valence-corrected chi connectivity index (χ1v) is 6.91. The van der Waals surface area contributed by atoms with Crippen molar-refractivity contribution in [2.24, 2.45) is 0 Å². The summed E-state index contributed by atoms with van der Waals surface area (Å²) in [6.07, 6.45) is 3.54. The number of nitrogen functional groups attached to an aromatic ring is 1. The van der Waals surface area contributed by atoms with E-state index in [9.17, 15) is 4.79 Å². The molecule has 0 aliphatic heterocycles. The first-order chi connectivity index (χ1) is 10.2. The molecule has 1 aromatic heterocycles. The third-order valence-electron chi connectivity index (χ3n) is 3.36. The van der Waals surface area contributed by atoms with Crippen LogP contribution in [-0.2, 0) is 6.54 Å². The maximum absolute atomic E-state index is 11.8. The Morgan fingerprint density at radius 3 is 2.62 bits per heavy atom. The normalized spacial score (nSPS) is 10.2. The number of amides is 1. The lowest BCUT2D eigenvalue weighted by molar-refractivity contribution is 0.0963. The monoisotopic (exact) mass is 284 g/mol. The van der Waals surface area contributed by atoms with E-state index in [1.54, 1.807) is 31.6 Å². The summed E-state index contributed by atoms with van der Waals surface area (Å²) in [6, 6.07) is 9.29. The first-order valence-electron chi connectivity index (χ1n) is 6.91. The van der Waals surface area contributed by atoms with Crippen LogP contribution in [0.3, 0.4) is 0 Å². The average molecular weight is 284 g/mol. The molecule has 0 aliphatic rings. The zero-order valence-electron chi connectivity index (χ0n) is 12.3. The second kappa shape index (κ2) is 6.74. The molecule has 2 aromatic rings. The van der Waals surface area contributed by atoms with Gasteiger partial charge < -0.3 is 16.0 Å². The molecule has 0 fully saturated rings. The van der Waals surface area contributed by atoms with Crippen molar-refractivity contribution < 1.29 is 4.79 Å². The minimum Gasteiger partial charge on any atom is -0.397 e. The number of nitrogens with zero attached hydrogens (tertiary/aromatic N) is 2. The van der Waals surface area contributed by atoms with E-state index in [1.165, 1.54) is 0 Å². The van der Waals surface area contributed by atoms with Gasteiger partial charge in [0.25, 0.3) is 5.91 Å². The maximum atomic E-state index is 11.8. The van der Waals surface area contributed by atoms with Crippen molar-refractivity contribution in [2.45, 2.75) is 13.5 Å². The lowest BCUT2D eigenvalue weighted by Crippen LogP contribution is -2.24. The summed E-state index contributed by atoms with van der Waals surface area (Å²) >= 11 is 0. The number of hydrogen-bond acceptors (Lipinski definition) is 4. The van der Waals surface area contributed by atoms with Crippen molar-refractivity contribution in [1.29, 1.82) is 0 Å². The van der Waals surface area contributed by atoms with Crippen LogP contribution < -0.4 is 16.0 Å². The Bertz CT molecular complexity index is 613. The molecular formula is C16H20N4O. The number of anilines is 2. The molecule has 0 bridgehead atoms. The minimum absolute atomic E-state index is 0.115. The lowest BCUT2D eigenvalue weighted by atomic mass is 10.1. The molecule has 3 N–H and O–H groups in total. The molecular weight excluding hydrogens is 264 g/mol. The number of aromatic nitrogens is 1. The Morgan fingerprint density at radius 2 is 2.00 bits per heavy atom. The number of carbonyl (C=O) groups is 1. The summed E-state index contributed by atoms with van der Waals surface area (Å²) in [5.74, 6) is -0.115. The van der Waals surface area contributed by atoms with Crippen molar-refractivity contribution in [2.75, 3.05) is 24.2 Å². The van der Waals surface area contributed by atoms with Crippen LogP contribution in [0.2, 0.25) is 0 Å². The van der Waals surface area contributed by atoms with Crippen molar-refractivity contribution in [1.82, 2.24) is 10.3 Å². The zero-order chi connectivity index (χ0) is 15.2. The summed E-state index contributed by atoms with van der Waals surface area (Å²) in [6.45, 7) is 3.58. The second-order valence-corrected chi connectivity index (χ2v) is 4.72. The highest BCUT2D eigenvalue weighted by Gasteiger charge is 2.12. The van der Waals surface area contributed by atoms with E-state index < -0.39 is 0 Å². The number of nitrogens with two attached hydrogens (primary N) is 1. The zero-order valence-corrected chi connectivity index (χ0v) is 12.3. The van der Waals surface area contributed by atoms with E-state index in [2.05, 4.69) is 22.1 Å². The molecule has 0 radical (unpaired) electrons. The third-order valence-corrected chi connectivity index (χ3v) is 3.36. The summed E-state index contributed by atoms with van der Waals surface area (Å²) in [5, 5.41) is 2.63. The Kier molecular flexibility index (Phi) is 4.77. The van der Waals surface area contributed by atoms with E-state index in [1.807, 2.05) is 18.2 Å². The Labute approximate surface area is 124 Å². The van der Waals surface area contributed by atoms with Crippen LogP contribution in [0.5, 0.6) is 0 Å². The predicted octanol–water partition coefficient (Wildman–Crippen LogP) is 2.05. The molecule has 0 spiro atoms. The molecule has 0 unspecified atom stereocenters. The molecule has 110 valence electrons. The molecule has 2 rings (SSSR count). The van der Waals surface area contributed by atoms with Gasteiger partial charge in [0.05, 0.1) is 11.4 Å². The fourth-order valence-electron chi connectivity index (χ4n) is 2.18. The van der Waals surface area contributed by atoms with Gasteiger partial charge in [0.15, 0.2) is 0 Å². The first kappa shape index (κ1) is 14.8. The smallest absolute Gasteiger partial charge is 0.251 e. The Hall–Kier alpha value is -2.56. The summed E-state index contributed by atoms with van der Waals surface area (Å²) < 4.78 is 0. The lowest BCUT2D eigenvalue weighted by Gasteiger charge is -2.25. The highest BCUT2D eigenvalue weighted by Crippen LogP contribution is 2.26. The van der Waals surface area contributed by atoms with Crippen LogP contribution in [0.15, 0.2) is 42.7 Å². The fourth-order valence-corrected chi connectivity index (χ4v) is 2.18. The largest absolute Gasteiger partial charge is 0.397 e. The quantitative estimate of drug-likeness (QED) is 0.824. The average Bonchev–Trinajstić information content (AvgIpc) is 2.53. The second-order valence-electron chi connectivity index (χ2n) is 4.72. The molecule has 1 aromatic carbocycles. The van der Waals surface area contributed by atoms with Gasteiger partial charge in [-0.25, -0.2) is 0 Å². The molecule has 21 heavy (non-hydrogen) atoms. The topological polar surface area (TPSA) is 71.2 Å².